The standard InChI is InChI=1S/C13H14N2O2S/c1-9(11-6-18-7-15-11)14-5-10-2-3-12-13(4-10)17-8-16-12/h2-4,6-7,9,14H,5,8H2,1H3. The molecule has 2 heterocycles. The van der Waals surface area contributed by atoms with Crippen LogP contribution in [0.3, 0.4) is 0 Å². The summed E-state index contributed by atoms with van der Waals surface area (Å²) in [5.41, 5.74) is 4.12. The summed E-state index contributed by atoms with van der Waals surface area (Å²) in [5.74, 6) is 1.65. The van der Waals surface area contributed by atoms with Crippen LogP contribution in [0.5, 0.6) is 11.5 Å². The molecule has 1 aliphatic heterocycles. The largest absolute Gasteiger partial charge is 0.454 e. The Kier molecular flexibility index (Phi) is 3.17. The molecule has 0 bridgehead atoms. The minimum Gasteiger partial charge on any atom is -0.454 e. The van der Waals surface area contributed by atoms with Gasteiger partial charge in [0, 0.05) is 18.0 Å². The minimum atomic E-state index is 0.252. The third-order valence-corrected chi connectivity index (χ3v) is 3.55. The molecule has 0 aliphatic carbocycles. The SMILES string of the molecule is CC(NCc1ccc2c(c1)OCO2)c1cscn1. The van der Waals surface area contributed by atoms with Gasteiger partial charge in [-0.25, -0.2) is 4.98 Å². The molecule has 1 unspecified atom stereocenters. The van der Waals surface area contributed by atoms with Gasteiger partial charge in [0.15, 0.2) is 11.5 Å². The molecule has 0 fully saturated rings. The van der Waals surface area contributed by atoms with Gasteiger partial charge in [-0.05, 0) is 24.6 Å². The van der Waals surface area contributed by atoms with Crippen LogP contribution in [0.15, 0.2) is 29.1 Å². The Balaban J connectivity index is 1.63. The van der Waals surface area contributed by atoms with Crippen LogP contribution in [-0.2, 0) is 6.54 Å². The van der Waals surface area contributed by atoms with Crippen molar-refractivity contribution >= 4 is 11.3 Å². The van der Waals surface area contributed by atoms with Gasteiger partial charge in [0.05, 0.1) is 11.2 Å². The van der Waals surface area contributed by atoms with E-state index in [2.05, 4.69) is 22.6 Å². The van der Waals surface area contributed by atoms with Gasteiger partial charge < -0.3 is 14.8 Å². The van der Waals surface area contributed by atoms with Gasteiger partial charge in [0.25, 0.3) is 0 Å². The van der Waals surface area contributed by atoms with E-state index in [0.29, 0.717) is 6.79 Å². The van der Waals surface area contributed by atoms with Gasteiger partial charge in [-0.1, -0.05) is 6.07 Å². The molecule has 2 aromatic rings. The average molecular weight is 262 g/mol. The first-order valence-corrected chi connectivity index (χ1v) is 6.77. The zero-order chi connectivity index (χ0) is 12.4. The zero-order valence-corrected chi connectivity index (χ0v) is 10.9. The number of ether oxygens (including phenoxy) is 2. The third kappa shape index (κ3) is 2.32. The molecule has 1 atom stereocenters. The van der Waals surface area contributed by atoms with E-state index in [1.54, 1.807) is 11.3 Å². The number of hydrogen-bond acceptors (Lipinski definition) is 5. The lowest BCUT2D eigenvalue weighted by atomic mass is 10.2. The fourth-order valence-electron chi connectivity index (χ4n) is 1.86. The fraction of sp³-hybridized carbons (Fsp3) is 0.308. The van der Waals surface area contributed by atoms with Gasteiger partial charge in [0.1, 0.15) is 0 Å². The molecule has 1 aromatic heterocycles. The highest BCUT2D eigenvalue weighted by molar-refractivity contribution is 7.07. The van der Waals surface area contributed by atoms with Crippen LogP contribution in [0.4, 0.5) is 0 Å². The number of nitrogens with one attached hydrogen (secondary N) is 1. The normalized spacial score (nSPS) is 14.7. The van der Waals surface area contributed by atoms with Crippen molar-refractivity contribution in [2.45, 2.75) is 19.5 Å². The van der Waals surface area contributed by atoms with Crippen LogP contribution < -0.4 is 14.8 Å². The first-order valence-electron chi connectivity index (χ1n) is 5.83. The molecule has 5 heteroatoms. The molecular weight excluding hydrogens is 248 g/mol. The summed E-state index contributed by atoms with van der Waals surface area (Å²) in [4.78, 5) is 4.30. The van der Waals surface area contributed by atoms with Crippen LogP contribution in [0.25, 0.3) is 0 Å². The van der Waals surface area contributed by atoms with Crippen molar-refractivity contribution < 1.29 is 9.47 Å². The van der Waals surface area contributed by atoms with Gasteiger partial charge >= 0.3 is 0 Å². The van der Waals surface area contributed by atoms with E-state index in [9.17, 15) is 0 Å². The Bertz CT molecular complexity index is 528. The number of fused-ring (bicyclic) bond motifs is 1. The Labute approximate surface area is 110 Å². The summed E-state index contributed by atoms with van der Waals surface area (Å²) in [7, 11) is 0. The van der Waals surface area contributed by atoms with Crippen molar-refractivity contribution in [3.8, 4) is 11.5 Å². The summed E-state index contributed by atoms with van der Waals surface area (Å²) in [6.07, 6.45) is 0. The van der Waals surface area contributed by atoms with E-state index < -0.39 is 0 Å². The molecule has 1 aromatic carbocycles. The lowest BCUT2D eigenvalue weighted by molar-refractivity contribution is 0.174. The van der Waals surface area contributed by atoms with Gasteiger partial charge in [-0.2, -0.15) is 0 Å². The molecule has 1 aliphatic rings. The van der Waals surface area contributed by atoms with Crippen LogP contribution in [0, 0.1) is 0 Å². The van der Waals surface area contributed by atoms with Crippen LogP contribution >= 0.6 is 11.3 Å². The van der Waals surface area contributed by atoms with Crippen molar-refractivity contribution in [2.24, 2.45) is 0 Å². The lowest BCUT2D eigenvalue weighted by Crippen LogP contribution is -2.18. The quantitative estimate of drug-likeness (QED) is 0.920. The van der Waals surface area contributed by atoms with Crippen molar-refractivity contribution in [1.29, 1.82) is 0 Å². The van der Waals surface area contributed by atoms with E-state index in [-0.39, 0.29) is 6.04 Å². The van der Waals surface area contributed by atoms with Crippen molar-refractivity contribution in [3.63, 3.8) is 0 Å². The van der Waals surface area contributed by atoms with Crippen molar-refractivity contribution in [1.82, 2.24) is 10.3 Å². The number of thiazole rings is 1. The average Bonchev–Trinajstić information content (AvgIpc) is 3.05. The predicted molar refractivity (Wildman–Crippen MR) is 69.9 cm³/mol. The number of hydrogen-bond donors (Lipinski definition) is 1. The molecule has 94 valence electrons. The fourth-order valence-corrected chi connectivity index (χ4v) is 2.51. The topological polar surface area (TPSA) is 43.4 Å². The Morgan fingerprint density at radius 3 is 3.11 bits per heavy atom. The monoisotopic (exact) mass is 262 g/mol. The number of nitrogens with zero attached hydrogens (tertiary/aromatic N) is 1. The lowest BCUT2D eigenvalue weighted by Gasteiger charge is -2.11. The first-order chi connectivity index (χ1) is 8.83. The maximum absolute atomic E-state index is 5.36. The Hall–Kier alpha value is -1.59. The second-order valence-corrected chi connectivity index (χ2v) is 4.92. The minimum absolute atomic E-state index is 0.252. The number of rotatable bonds is 4. The molecule has 4 nitrogen and oxygen atoms in total. The summed E-state index contributed by atoms with van der Waals surface area (Å²) in [6, 6.07) is 6.27. The summed E-state index contributed by atoms with van der Waals surface area (Å²) in [6.45, 7) is 3.22. The highest BCUT2D eigenvalue weighted by Gasteiger charge is 2.13. The summed E-state index contributed by atoms with van der Waals surface area (Å²) >= 11 is 1.62. The second kappa shape index (κ2) is 4.96. The van der Waals surface area contributed by atoms with Crippen LogP contribution in [0.2, 0.25) is 0 Å². The molecule has 3 rings (SSSR count). The maximum Gasteiger partial charge on any atom is 0.231 e. The second-order valence-electron chi connectivity index (χ2n) is 4.20. The van der Waals surface area contributed by atoms with E-state index in [0.717, 1.165) is 23.7 Å². The molecule has 0 radical (unpaired) electrons. The van der Waals surface area contributed by atoms with Gasteiger partial charge in [0.2, 0.25) is 6.79 Å². The van der Waals surface area contributed by atoms with E-state index in [1.165, 1.54) is 5.56 Å². The Morgan fingerprint density at radius 2 is 2.28 bits per heavy atom. The first kappa shape index (κ1) is 11.5. The van der Waals surface area contributed by atoms with E-state index >= 15 is 0 Å². The molecule has 0 saturated carbocycles. The molecule has 18 heavy (non-hydrogen) atoms. The van der Waals surface area contributed by atoms with Crippen LogP contribution in [0.1, 0.15) is 24.2 Å². The highest BCUT2D eigenvalue weighted by atomic mass is 32.1. The van der Waals surface area contributed by atoms with Crippen molar-refractivity contribution in [3.05, 3.63) is 40.3 Å². The van der Waals surface area contributed by atoms with Crippen molar-refractivity contribution in [2.75, 3.05) is 6.79 Å². The third-order valence-electron chi connectivity index (χ3n) is 2.94. The molecular formula is C13H14N2O2S. The number of benzene rings is 1. The van der Waals surface area contributed by atoms with Gasteiger partial charge in [-0.15, -0.1) is 11.3 Å². The highest BCUT2D eigenvalue weighted by Crippen LogP contribution is 2.32. The Morgan fingerprint density at radius 1 is 1.39 bits per heavy atom. The molecule has 1 N–H and O–H groups in total. The van der Waals surface area contributed by atoms with Crippen LogP contribution in [-0.4, -0.2) is 11.8 Å². The maximum atomic E-state index is 5.36. The zero-order valence-electron chi connectivity index (χ0n) is 10.1. The summed E-state index contributed by atoms with van der Waals surface area (Å²) in [5, 5.41) is 5.51. The van der Waals surface area contributed by atoms with E-state index in [4.69, 9.17) is 9.47 Å². The molecule has 0 amide bonds. The van der Waals surface area contributed by atoms with Gasteiger partial charge in [-0.3, -0.25) is 0 Å². The van der Waals surface area contributed by atoms with E-state index in [1.807, 2.05) is 23.7 Å². The predicted octanol–water partition coefficient (Wildman–Crippen LogP) is 2.72. The summed E-state index contributed by atoms with van der Waals surface area (Å²) < 4.78 is 10.6. The number of aromatic nitrogens is 1. The molecule has 0 spiro atoms. The smallest absolute Gasteiger partial charge is 0.231 e. The molecule has 0 saturated heterocycles.